The minimum atomic E-state index is 0.0999. The highest BCUT2D eigenvalue weighted by atomic mass is 16.2. The van der Waals surface area contributed by atoms with Gasteiger partial charge in [-0.3, -0.25) is 4.79 Å². The maximum absolute atomic E-state index is 12.4. The van der Waals surface area contributed by atoms with Crippen LogP contribution in [0.2, 0.25) is 0 Å². The van der Waals surface area contributed by atoms with Crippen molar-refractivity contribution in [2.75, 3.05) is 49.1 Å². The third-order valence-corrected chi connectivity index (χ3v) is 5.50. The Kier molecular flexibility index (Phi) is 5.42. The Hall–Kier alpha value is -2.75. The number of hydrogen-bond acceptors (Lipinski definition) is 3. The Bertz CT molecular complexity index is 771. The van der Waals surface area contributed by atoms with Gasteiger partial charge in [-0.15, -0.1) is 0 Å². The molecular weight excluding hydrogens is 334 g/mol. The minimum Gasteiger partial charge on any atom is -0.372 e. The van der Waals surface area contributed by atoms with E-state index in [0.717, 1.165) is 31.7 Å². The van der Waals surface area contributed by atoms with Crippen molar-refractivity contribution in [2.24, 2.45) is 0 Å². The van der Waals surface area contributed by atoms with Crippen molar-refractivity contribution in [3.63, 3.8) is 0 Å². The van der Waals surface area contributed by atoms with E-state index in [1.807, 2.05) is 41.3 Å². The Morgan fingerprint density at radius 2 is 1.26 bits per heavy atom. The summed E-state index contributed by atoms with van der Waals surface area (Å²) in [5.41, 5.74) is 3.64. The fourth-order valence-electron chi connectivity index (χ4n) is 3.87. The van der Waals surface area contributed by atoms with Crippen molar-refractivity contribution >= 4 is 23.4 Å². The smallest absolute Gasteiger partial charge is 0.246 e. The van der Waals surface area contributed by atoms with Crippen LogP contribution >= 0.6 is 0 Å². The van der Waals surface area contributed by atoms with Gasteiger partial charge in [0.15, 0.2) is 0 Å². The van der Waals surface area contributed by atoms with E-state index in [0.29, 0.717) is 0 Å². The summed E-state index contributed by atoms with van der Waals surface area (Å²) in [4.78, 5) is 19.2. The van der Waals surface area contributed by atoms with Gasteiger partial charge in [0.05, 0.1) is 0 Å². The van der Waals surface area contributed by atoms with Crippen molar-refractivity contribution in [2.45, 2.75) is 12.8 Å². The van der Waals surface area contributed by atoms with Gasteiger partial charge in [0, 0.05) is 56.7 Å². The van der Waals surface area contributed by atoms with Crippen LogP contribution in [-0.2, 0) is 4.79 Å². The number of amides is 1. The molecule has 0 radical (unpaired) electrons. The first-order valence-electron chi connectivity index (χ1n) is 9.92. The van der Waals surface area contributed by atoms with Crippen LogP contribution in [0, 0.1) is 0 Å². The zero-order chi connectivity index (χ0) is 18.5. The van der Waals surface area contributed by atoms with Crippen LogP contribution in [0.4, 0.5) is 11.4 Å². The number of rotatable bonds is 4. The first-order chi connectivity index (χ1) is 13.3. The minimum absolute atomic E-state index is 0.0999. The van der Waals surface area contributed by atoms with Crippen LogP contribution in [0.3, 0.4) is 0 Å². The molecule has 0 aliphatic carbocycles. The van der Waals surface area contributed by atoms with Gasteiger partial charge in [0.25, 0.3) is 0 Å². The first-order valence-corrected chi connectivity index (χ1v) is 9.92. The molecule has 2 fully saturated rings. The van der Waals surface area contributed by atoms with Gasteiger partial charge in [0.1, 0.15) is 0 Å². The van der Waals surface area contributed by atoms with Crippen molar-refractivity contribution < 1.29 is 4.79 Å². The second-order valence-corrected chi connectivity index (χ2v) is 7.27. The van der Waals surface area contributed by atoms with Gasteiger partial charge >= 0.3 is 0 Å². The van der Waals surface area contributed by atoms with Gasteiger partial charge in [-0.05, 0) is 48.7 Å². The van der Waals surface area contributed by atoms with Crippen LogP contribution < -0.4 is 9.80 Å². The largest absolute Gasteiger partial charge is 0.372 e. The monoisotopic (exact) mass is 361 g/mol. The van der Waals surface area contributed by atoms with Crippen LogP contribution in [0.5, 0.6) is 0 Å². The lowest BCUT2D eigenvalue weighted by molar-refractivity contribution is -0.126. The van der Waals surface area contributed by atoms with Gasteiger partial charge in [-0.25, -0.2) is 0 Å². The molecule has 2 heterocycles. The maximum Gasteiger partial charge on any atom is 0.246 e. The average Bonchev–Trinajstić information content (AvgIpc) is 3.28. The van der Waals surface area contributed by atoms with Crippen LogP contribution in [0.15, 0.2) is 60.7 Å². The molecule has 0 aromatic heterocycles. The molecule has 27 heavy (non-hydrogen) atoms. The average molecular weight is 361 g/mol. The van der Waals surface area contributed by atoms with Gasteiger partial charge in [0.2, 0.25) is 5.91 Å². The number of anilines is 2. The molecule has 140 valence electrons. The first kappa shape index (κ1) is 17.7. The standard InChI is InChI=1S/C23H27N3O/c27-23(13-8-20-6-2-1-3-7-20)26-18-16-25(17-19-26)22-11-9-21(10-12-22)24-14-4-5-15-24/h1-3,6-13H,4-5,14-19H2. The fraction of sp³-hybridized carbons (Fsp3) is 0.348. The zero-order valence-corrected chi connectivity index (χ0v) is 15.8. The van der Waals surface area contributed by atoms with E-state index >= 15 is 0 Å². The highest BCUT2D eigenvalue weighted by Crippen LogP contribution is 2.24. The van der Waals surface area contributed by atoms with E-state index in [2.05, 4.69) is 34.1 Å². The highest BCUT2D eigenvalue weighted by Gasteiger charge is 2.20. The molecule has 2 aromatic rings. The molecular formula is C23H27N3O. The molecule has 2 saturated heterocycles. The van der Waals surface area contributed by atoms with Gasteiger partial charge < -0.3 is 14.7 Å². The lowest BCUT2D eigenvalue weighted by atomic mass is 10.2. The normalized spacial score (nSPS) is 17.7. The molecule has 0 saturated carbocycles. The van der Waals surface area contributed by atoms with E-state index in [1.165, 1.54) is 37.3 Å². The summed E-state index contributed by atoms with van der Waals surface area (Å²) in [6.45, 7) is 5.66. The number of hydrogen-bond donors (Lipinski definition) is 0. The number of carbonyl (C=O) groups excluding carboxylic acids is 1. The van der Waals surface area contributed by atoms with Crippen molar-refractivity contribution in [1.29, 1.82) is 0 Å². The summed E-state index contributed by atoms with van der Waals surface area (Å²) < 4.78 is 0. The number of carbonyl (C=O) groups is 1. The van der Waals surface area contributed by atoms with Crippen molar-refractivity contribution in [3.05, 3.63) is 66.2 Å². The number of benzene rings is 2. The molecule has 0 bridgehead atoms. The number of nitrogens with zero attached hydrogens (tertiary/aromatic N) is 3. The third-order valence-electron chi connectivity index (χ3n) is 5.50. The lowest BCUT2D eigenvalue weighted by Gasteiger charge is -2.36. The molecule has 0 spiro atoms. The Labute approximate surface area is 161 Å². The van der Waals surface area contributed by atoms with Gasteiger partial charge in [-0.2, -0.15) is 0 Å². The Balaban J connectivity index is 1.30. The van der Waals surface area contributed by atoms with Crippen LogP contribution in [0.1, 0.15) is 18.4 Å². The second kappa shape index (κ2) is 8.30. The summed E-state index contributed by atoms with van der Waals surface area (Å²) in [5.74, 6) is 0.0999. The summed E-state index contributed by atoms with van der Waals surface area (Å²) in [6, 6.07) is 18.9. The zero-order valence-electron chi connectivity index (χ0n) is 15.8. The Morgan fingerprint density at radius 3 is 1.85 bits per heavy atom. The van der Waals surface area contributed by atoms with Crippen LogP contribution in [0.25, 0.3) is 6.08 Å². The van der Waals surface area contributed by atoms with E-state index in [9.17, 15) is 4.79 Å². The summed E-state index contributed by atoms with van der Waals surface area (Å²) in [5, 5.41) is 0. The molecule has 4 nitrogen and oxygen atoms in total. The fourth-order valence-corrected chi connectivity index (χ4v) is 3.87. The van der Waals surface area contributed by atoms with Crippen molar-refractivity contribution in [3.8, 4) is 0 Å². The molecule has 0 atom stereocenters. The summed E-state index contributed by atoms with van der Waals surface area (Å²) in [7, 11) is 0. The second-order valence-electron chi connectivity index (χ2n) is 7.27. The predicted molar refractivity (Wildman–Crippen MR) is 112 cm³/mol. The molecule has 2 aliphatic rings. The molecule has 2 aromatic carbocycles. The number of piperazine rings is 1. The molecule has 4 rings (SSSR count). The quantitative estimate of drug-likeness (QED) is 0.778. The molecule has 1 amide bonds. The predicted octanol–water partition coefficient (Wildman–Crippen LogP) is 3.65. The lowest BCUT2D eigenvalue weighted by Crippen LogP contribution is -2.48. The van der Waals surface area contributed by atoms with E-state index < -0.39 is 0 Å². The van der Waals surface area contributed by atoms with E-state index in [-0.39, 0.29) is 5.91 Å². The summed E-state index contributed by atoms with van der Waals surface area (Å²) in [6.07, 6.45) is 6.19. The molecule has 0 unspecified atom stereocenters. The maximum atomic E-state index is 12.4. The highest BCUT2D eigenvalue weighted by molar-refractivity contribution is 5.92. The van der Waals surface area contributed by atoms with Crippen LogP contribution in [-0.4, -0.2) is 50.1 Å². The molecule has 4 heteroatoms. The third kappa shape index (κ3) is 4.33. The molecule has 0 N–H and O–H groups in total. The van der Waals surface area contributed by atoms with E-state index in [1.54, 1.807) is 6.08 Å². The Morgan fingerprint density at radius 1 is 0.704 bits per heavy atom. The molecule has 2 aliphatic heterocycles. The topological polar surface area (TPSA) is 26.8 Å². The van der Waals surface area contributed by atoms with Gasteiger partial charge in [-0.1, -0.05) is 30.3 Å². The SMILES string of the molecule is O=C(C=Cc1ccccc1)N1CCN(c2ccc(N3CCCC3)cc2)CC1. The van der Waals surface area contributed by atoms with E-state index in [4.69, 9.17) is 0 Å². The summed E-state index contributed by atoms with van der Waals surface area (Å²) >= 11 is 0. The van der Waals surface area contributed by atoms with Crippen molar-refractivity contribution in [1.82, 2.24) is 4.90 Å².